The molecule has 0 bridgehead atoms. The summed E-state index contributed by atoms with van der Waals surface area (Å²) in [5.74, 6) is 0.477. The Morgan fingerprint density at radius 2 is 1.97 bits per heavy atom. The predicted octanol–water partition coefficient (Wildman–Crippen LogP) is 4.69. The number of rotatable bonds is 6. The van der Waals surface area contributed by atoms with E-state index in [0.29, 0.717) is 45.3 Å². The van der Waals surface area contributed by atoms with Gasteiger partial charge in [0.2, 0.25) is 0 Å². The first-order valence-corrected chi connectivity index (χ1v) is 9.94. The molecule has 0 atom stereocenters. The van der Waals surface area contributed by atoms with Gasteiger partial charge in [-0.05, 0) is 24.6 Å². The Labute approximate surface area is 186 Å². The van der Waals surface area contributed by atoms with Gasteiger partial charge in [0, 0.05) is 24.0 Å². The first-order chi connectivity index (χ1) is 14.4. The van der Waals surface area contributed by atoms with Crippen molar-refractivity contribution in [1.82, 2.24) is 24.7 Å². The summed E-state index contributed by atoms with van der Waals surface area (Å²) in [6.07, 6.45) is 4.92. The van der Waals surface area contributed by atoms with Gasteiger partial charge in [-0.3, -0.25) is 14.2 Å². The normalized spacial score (nSPS) is 11.1. The molecule has 1 amide bonds. The van der Waals surface area contributed by atoms with Gasteiger partial charge in [-0.15, -0.1) is 0 Å². The highest BCUT2D eigenvalue weighted by Crippen LogP contribution is 2.23. The van der Waals surface area contributed by atoms with Crippen LogP contribution in [0.4, 0.5) is 5.82 Å². The summed E-state index contributed by atoms with van der Waals surface area (Å²) in [4.78, 5) is 12.7. The molecular weight excluding hydrogens is 451 g/mol. The molecule has 154 valence electrons. The summed E-state index contributed by atoms with van der Waals surface area (Å²) in [5.41, 5.74) is 1.71. The number of halogens is 3. The lowest BCUT2D eigenvalue weighted by molar-refractivity contribution is 0.101. The van der Waals surface area contributed by atoms with E-state index >= 15 is 0 Å². The predicted molar refractivity (Wildman–Crippen MR) is 113 cm³/mol. The second-order valence-electron chi connectivity index (χ2n) is 6.52. The fraction of sp³-hybridized carbons (Fsp3) is 0.158. The van der Waals surface area contributed by atoms with Gasteiger partial charge in [0.1, 0.15) is 5.76 Å². The Kier molecular flexibility index (Phi) is 5.80. The third-order valence-corrected chi connectivity index (χ3v) is 5.27. The van der Waals surface area contributed by atoms with Crippen molar-refractivity contribution in [2.45, 2.75) is 20.0 Å². The summed E-state index contributed by atoms with van der Waals surface area (Å²) < 4.78 is 8.48. The molecule has 0 unspecified atom stereocenters. The van der Waals surface area contributed by atoms with E-state index in [1.54, 1.807) is 46.9 Å². The number of hydrogen-bond donors (Lipinski definition) is 1. The number of anilines is 1. The highest BCUT2D eigenvalue weighted by molar-refractivity contribution is 6.42. The number of aryl methyl sites for hydroxylation is 1. The van der Waals surface area contributed by atoms with Gasteiger partial charge in [0.15, 0.2) is 11.5 Å². The maximum absolute atomic E-state index is 12.7. The molecule has 4 rings (SSSR count). The average molecular weight is 466 g/mol. The average Bonchev–Trinajstić information content (AvgIpc) is 3.41. The van der Waals surface area contributed by atoms with Gasteiger partial charge < -0.3 is 9.84 Å². The molecule has 0 aliphatic heterocycles. The van der Waals surface area contributed by atoms with Crippen LogP contribution >= 0.6 is 34.8 Å². The maximum Gasteiger partial charge on any atom is 0.279 e. The summed E-state index contributed by atoms with van der Waals surface area (Å²) in [5, 5.41) is 16.6. The van der Waals surface area contributed by atoms with E-state index in [0.717, 1.165) is 5.56 Å². The van der Waals surface area contributed by atoms with E-state index in [1.165, 1.54) is 6.20 Å². The summed E-state index contributed by atoms with van der Waals surface area (Å²) in [6.45, 7) is 2.51. The van der Waals surface area contributed by atoms with Gasteiger partial charge in [-0.25, -0.2) is 0 Å². The third kappa shape index (κ3) is 4.51. The van der Waals surface area contributed by atoms with Crippen LogP contribution in [0.5, 0.6) is 0 Å². The topological polar surface area (TPSA) is 90.8 Å². The lowest BCUT2D eigenvalue weighted by atomic mass is 10.2. The highest BCUT2D eigenvalue weighted by atomic mass is 35.5. The minimum absolute atomic E-state index is 0.165. The Morgan fingerprint density at radius 1 is 1.13 bits per heavy atom. The van der Waals surface area contributed by atoms with Gasteiger partial charge in [-0.1, -0.05) is 46.0 Å². The molecule has 1 N–H and O–H groups in total. The number of nitrogens with zero attached hydrogens (tertiary/aromatic N) is 5. The van der Waals surface area contributed by atoms with Crippen LogP contribution in [0.25, 0.3) is 0 Å². The van der Waals surface area contributed by atoms with Crippen LogP contribution in [0.1, 0.15) is 27.4 Å². The zero-order chi connectivity index (χ0) is 21.3. The molecule has 8 nitrogen and oxygen atoms in total. The molecule has 0 fully saturated rings. The van der Waals surface area contributed by atoms with E-state index in [-0.39, 0.29) is 5.69 Å². The van der Waals surface area contributed by atoms with Crippen molar-refractivity contribution in [2.75, 3.05) is 5.32 Å². The SMILES string of the molecule is Cc1onc(C(=O)Nc2ccn(Cc3ccc(Cl)c(Cl)c3)n2)c1Cn1cc(Cl)cn1. The maximum atomic E-state index is 12.7. The van der Waals surface area contributed by atoms with Crippen LogP contribution in [0.3, 0.4) is 0 Å². The summed E-state index contributed by atoms with van der Waals surface area (Å²) >= 11 is 17.9. The van der Waals surface area contributed by atoms with Crippen molar-refractivity contribution in [2.24, 2.45) is 0 Å². The highest BCUT2D eigenvalue weighted by Gasteiger charge is 2.21. The molecule has 0 aliphatic carbocycles. The zero-order valence-electron chi connectivity index (χ0n) is 15.6. The fourth-order valence-corrected chi connectivity index (χ4v) is 3.34. The van der Waals surface area contributed by atoms with Gasteiger partial charge in [-0.2, -0.15) is 10.2 Å². The van der Waals surface area contributed by atoms with E-state index in [9.17, 15) is 4.79 Å². The molecule has 0 radical (unpaired) electrons. The molecule has 0 saturated carbocycles. The monoisotopic (exact) mass is 464 g/mol. The largest absolute Gasteiger partial charge is 0.361 e. The van der Waals surface area contributed by atoms with Crippen LogP contribution in [-0.2, 0) is 13.1 Å². The number of hydrogen-bond acceptors (Lipinski definition) is 5. The quantitative estimate of drug-likeness (QED) is 0.446. The lowest BCUT2D eigenvalue weighted by Crippen LogP contribution is -2.16. The number of carbonyl (C=O) groups is 1. The van der Waals surface area contributed by atoms with Gasteiger partial charge in [0.05, 0.1) is 34.4 Å². The fourth-order valence-electron chi connectivity index (χ4n) is 2.86. The van der Waals surface area contributed by atoms with Crippen LogP contribution in [0.2, 0.25) is 15.1 Å². The minimum Gasteiger partial charge on any atom is -0.361 e. The molecule has 30 heavy (non-hydrogen) atoms. The molecule has 3 heterocycles. The molecule has 0 spiro atoms. The van der Waals surface area contributed by atoms with E-state index in [1.807, 2.05) is 6.07 Å². The molecule has 0 aliphatic rings. The molecule has 1 aromatic carbocycles. The van der Waals surface area contributed by atoms with E-state index in [2.05, 4.69) is 20.7 Å². The zero-order valence-corrected chi connectivity index (χ0v) is 17.9. The lowest BCUT2D eigenvalue weighted by Gasteiger charge is -2.05. The number of aromatic nitrogens is 5. The van der Waals surface area contributed by atoms with Crippen LogP contribution in [-0.4, -0.2) is 30.6 Å². The van der Waals surface area contributed by atoms with Crippen molar-refractivity contribution >= 4 is 46.5 Å². The van der Waals surface area contributed by atoms with Crippen LogP contribution in [0.15, 0.2) is 47.4 Å². The Bertz CT molecular complexity index is 1210. The number of nitrogens with one attached hydrogen (secondary N) is 1. The first-order valence-electron chi connectivity index (χ1n) is 8.81. The molecule has 3 aromatic heterocycles. The van der Waals surface area contributed by atoms with Gasteiger partial charge in [0.25, 0.3) is 5.91 Å². The number of carbonyl (C=O) groups excluding carboxylic acids is 1. The molecule has 4 aromatic rings. The minimum atomic E-state index is -0.431. The van der Waals surface area contributed by atoms with E-state index in [4.69, 9.17) is 39.3 Å². The van der Waals surface area contributed by atoms with Crippen molar-refractivity contribution in [3.05, 3.63) is 80.5 Å². The van der Waals surface area contributed by atoms with E-state index < -0.39 is 5.91 Å². The van der Waals surface area contributed by atoms with Crippen LogP contribution < -0.4 is 5.32 Å². The van der Waals surface area contributed by atoms with Gasteiger partial charge >= 0.3 is 0 Å². The second-order valence-corrected chi connectivity index (χ2v) is 7.77. The van der Waals surface area contributed by atoms with Crippen LogP contribution in [0, 0.1) is 6.92 Å². The summed E-state index contributed by atoms with van der Waals surface area (Å²) in [7, 11) is 0. The standard InChI is InChI=1S/C19H15Cl3N6O2/c1-11-14(10-28-9-13(20)7-23-28)18(26-30-11)19(29)24-17-4-5-27(25-17)8-12-2-3-15(21)16(22)6-12/h2-7,9H,8,10H2,1H3,(H,24,25,29). The van der Waals surface area contributed by atoms with Crippen molar-refractivity contribution in [1.29, 1.82) is 0 Å². The van der Waals surface area contributed by atoms with Crippen molar-refractivity contribution < 1.29 is 9.32 Å². The molecule has 11 heteroatoms. The Hall–Kier alpha value is -2.81. The van der Waals surface area contributed by atoms with Crippen molar-refractivity contribution in [3.8, 4) is 0 Å². The third-order valence-electron chi connectivity index (χ3n) is 4.33. The van der Waals surface area contributed by atoms with Crippen molar-refractivity contribution in [3.63, 3.8) is 0 Å². The first kappa shape index (κ1) is 20.5. The number of benzene rings is 1. The smallest absolute Gasteiger partial charge is 0.279 e. The Balaban J connectivity index is 1.46. The summed E-state index contributed by atoms with van der Waals surface area (Å²) in [6, 6.07) is 7.05. The second kappa shape index (κ2) is 8.51. The molecule has 0 saturated heterocycles. The number of amides is 1. The Morgan fingerprint density at radius 3 is 2.70 bits per heavy atom. The molecular formula is C19H15Cl3N6O2.